The van der Waals surface area contributed by atoms with Gasteiger partial charge in [0.05, 0.1) is 0 Å². The lowest BCUT2D eigenvalue weighted by atomic mass is 10.0. The summed E-state index contributed by atoms with van der Waals surface area (Å²) in [6.07, 6.45) is -1.43. The van der Waals surface area contributed by atoms with Crippen molar-refractivity contribution in [2.45, 2.75) is 12.2 Å². The first-order valence-electron chi connectivity index (χ1n) is 6.31. The third kappa shape index (κ3) is 3.36. The molecule has 2 aromatic carbocycles. The molecule has 0 aliphatic rings. The molecule has 2 N–H and O–H groups in total. The number of nitrogens with two attached hydrogens (primary N) is 1. The first-order chi connectivity index (χ1) is 9.72. The molecule has 0 radical (unpaired) electrons. The molecule has 0 fully saturated rings. The lowest BCUT2D eigenvalue weighted by molar-refractivity contribution is -0.133. The number of carbonyl (C=O) groups excluding carboxylic acids is 1. The minimum Gasteiger partial charge on any atom is -0.482 e. The van der Waals surface area contributed by atoms with Crippen molar-refractivity contribution >= 4 is 5.91 Å². The smallest absolute Gasteiger partial charge is 0.250 e. The van der Waals surface area contributed by atoms with Crippen LogP contribution in [0, 0.1) is 0 Å². The van der Waals surface area contributed by atoms with Gasteiger partial charge < -0.3 is 15.2 Å². The Balaban J connectivity index is 2.31. The number of hydrogen-bond acceptors (Lipinski definition) is 3. The van der Waals surface area contributed by atoms with Gasteiger partial charge in [-0.15, -0.1) is 0 Å². The van der Waals surface area contributed by atoms with Crippen molar-refractivity contribution in [1.82, 2.24) is 0 Å². The summed E-state index contributed by atoms with van der Waals surface area (Å²) in [6.45, 7) is 0. The van der Waals surface area contributed by atoms with E-state index in [1.165, 1.54) is 7.11 Å². The molecule has 2 rings (SSSR count). The van der Waals surface area contributed by atoms with Crippen molar-refractivity contribution < 1.29 is 14.3 Å². The summed E-state index contributed by atoms with van der Waals surface area (Å²) < 4.78 is 11.1. The number of carbonyl (C=O) groups is 1. The summed E-state index contributed by atoms with van der Waals surface area (Å²) in [5.41, 5.74) is 6.23. The second-order valence-electron chi connectivity index (χ2n) is 4.32. The highest BCUT2D eigenvalue weighted by atomic mass is 16.5. The number of hydrogen-bond donors (Lipinski definition) is 1. The molecule has 104 valence electrons. The van der Waals surface area contributed by atoms with Crippen LogP contribution in [0.5, 0.6) is 5.75 Å². The third-order valence-electron chi connectivity index (χ3n) is 2.94. The summed E-state index contributed by atoms with van der Waals surface area (Å²) in [7, 11) is 1.44. The second kappa shape index (κ2) is 6.73. The van der Waals surface area contributed by atoms with Gasteiger partial charge in [0.15, 0.2) is 12.2 Å². The van der Waals surface area contributed by atoms with Crippen LogP contribution in [0.2, 0.25) is 0 Å². The number of rotatable bonds is 6. The van der Waals surface area contributed by atoms with Crippen LogP contribution >= 0.6 is 0 Å². The number of benzene rings is 2. The van der Waals surface area contributed by atoms with E-state index < -0.39 is 18.1 Å². The van der Waals surface area contributed by atoms with Crippen LogP contribution in [0.4, 0.5) is 0 Å². The van der Waals surface area contributed by atoms with Gasteiger partial charge in [-0.2, -0.15) is 0 Å². The summed E-state index contributed by atoms with van der Waals surface area (Å²) in [6, 6.07) is 18.7. The van der Waals surface area contributed by atoms with Gasteiger partial charge in [0, 0.05) is 7.11 Å². The average Bonchev–Trinajstić information content (AvgIpc) is 2.48. The average molecular weight is 271 g/mol. The van der Waals surface area contributed by atoms with Crippen LogP contribution in [0.1, 0.15) is 11.7 Å². The fourth-order valence-corrected chi connectivity index (χ4v) is 1.98. The predicted molar refractivity (Wildman–Crippen MR) is 76.2 cm³/mol. The topological polar surface area (TPSA) is 61.5 Å². The molecule has 0 spiro atoms. The maximum absolute atomic E-state index is 11.6. The van der Waals surface area contributed by atoms with Crippen molar-refractivity contribution in [3.8, 4) is 5.75 Å². The molecule has 0 heterocycles. The van der Waals surface area contributed by atoms with Crippen LogP contribution < -0.4 is 10.5 Å². The van der Waals surface area contributed by atoms with Gasteiger partial charge in [0.2, 0.25) is 0 Å². The van der Waals surface area contributed by atoms with Crippen LogP contribution in [0.15, 0.2) is 60.7 Å². The number of methoxy groups -OCH3 is 1. The molecule has 0 aromatic heterocycles. The standard InChI is InChI=1S/C16H17NO3/c1-19-15(16(17)18)14(12-8-4-2-5-9-12)20-13-10-6-3-7-11-13/h2-11,14-15H,1H3,(H2,17,18)/t14-,15-/m0/s1. The Morgan fingerprint density at radius 1 is 1.00 bits per heavy atom. The van der Waals surface area contributed by atoms with Gasteiger partial charge in [0.25, 0.3) is 5.91 Å². The molecule has 0 unspecified atom stereocenters. The summed E-state index contributed by atoms with van der Waals surface area (Å²) in [5, 5.41) is 0. The first-order valence-corrected chi connectivity index (χ1v) is 6.31. The zero-order valence-electron chi connectivity index (χ0n) is 11.2. The molecule has 0 aliphatic carbocycles. The largest absolute Gasteiger partial charge is 0.482 e. The van der Waals surface area contributed by atoms with Gasteiger partial charge in [-0.25, -0.2) is 0 Å². The lowest BCUT2D eigenvalue weighted by Gasteiger charge is -2.25. The highest BCUT2D eigenvalue weighted by Gasteiger charge is 2.29. The Morgan fingerprint density at radius 3 is 2.05 bits per heavy atom. The Hall–Kier alpha value is -2.33. The van der Waals surface area contributed by atoms with E-state index in [1.807, 2.05) is 60.7 Å². The van der Waals surface area contributed by atoms with Crippen molar-refractivity contribution in [3.63, 3.8) is 0 Å². The van der Waals surface area contributed by atoms with E-state index in [0.29, 0.717) is 5.75 Å². The van der Waals surface area contributed by atoms with Crippen LogP contribution in [-0.2, 0) is 9.53 Å². The van der Waals surface area contributed by atoms with E-state index in [2.05, 4.69) is 0 Å². The molecule has 4 nitrogen and oxygen atoms in total. The molecule has 0 bridgehead atoms. The normalized spacial score (nSPS) is 13.4. The fourth-order valence-electron chi connectivity index (χ4n) is 1.98. The molecule has 0 saturated carbocycles. The zero-order chi connectivity index (χ0) is 14.4. The van der Waals surface area contributed by atoms with Crippen molar-refractivity contribution in [2.75, 3.05) is 7.11 Å². The quantitative estimate of drug-likeness (QED) is 0.877. The Morgan fingerprint density at radius 2 is 1.55 bits per heavy atom. The van der Waals surface area contributed by atoms with E-state index in [4.69, 9.17) is 15.2 Å². The number of primary amides is 1. The van der Waals surface area contributed by atoms with Gasteiger partial charge in [-0.05, 0) is 17.7 Å². The van der Waals surface area contributed by atoms with E-state index >= 15 is 0 Å². The van der Waals surface area contributed by atoms with Gasteiger partial charge in [0.1, 0.15) is 5.75 Å². The maximum atomic E-state index is 11.6. The number of amides is 1. The second-order valence-corrected chi connectivity index (χ2v) is 4.32. The number of para-hydroxylation sites is 1. The Labute approximate surface area is 118 Å². The first kappa shape index (κ1) is 14.1. The number of ether oxygens (including phenoxy) is 2. The van der Waals surface area contributed by atoms with Gasteiger partial charge >= 0.3 is 0 Å². The molecular formula is C16H17NO3. The van der Waals surface area contributed by atoms with Crippen molar-refractivity contribution in [1.29, 1.82) is 0 Å². The van der Waals surface area contributed by atoms with Gasteiger partial charge in [-0.1, -0.05) is 48.5 Å². The van der Waals surface area contributed by atoms with E-state index in [9.17, 15) is 4.79 Å². The minimum absolute atomic E-state index is 0.558. The monoisotopic (exact) mass is 271 g/mol. The van der Waals surface area contributed by atoms with Crippen molar-refractivity contribution in [3.05, 3.63) is 66.2 Å². The Kier molecular flexibility index (Phi) is 4.74. The van der Waals surface area contributed by atoms with E-state index in [-0.39, 0.29) is 0 Å². The third-order valence-corrected chi connectivity index (χ3v) is 2.94. The lowest BCUT2D eigenvalue weighted by Crippen LogP contribution is -2.38. The minimum atomic E-state index is -0.849. The molecular weight excluding hydrogens is 254 g/mol. The van der Waals surface area contributed by atoms with Crippen LogP contribution in [0.25, 0.3) is 0 Å². The van der Waals surface area contributed by atoms with E-state index in [1.54, 1.807) is 0 Å². The fraction of sp³-hybridized carbons (Fsp3) is 0.188. The summed E-state index contributed by atoms with van der Waals surface area (Å²) in [4.78, 5) is 11.6. The van der Waals surface area contributed by atoms with Gasteiger partial charge in [-0.3, -0.25) is 4.79 Å². The molecule has 0 aliphatic heterocycles. The van der Waals surface area contributed by atoms with Crippen molar-refractivity contribution in [2.24, 2.45) is 5.73 Å². The molecule has 0 saturated heterocycles. The molecule has 20 heavy (non-hydrogen) atoms. The predicted octanol–water partition coefficient (Wildman–Crippen LogP) is 2.31. The maximum Gasteiger partial charge on any atom is 0.250 e. The summed E-state index contributed by atoms with van der Waals surface area (Å²) in [5.74, 6) is 0.0990. The molecule has 2 atom stereocenters. The SMILES string of the molecule is CO[C@H](C(N)=O)[C@@H](Oc1ccccc1)c1ccccc1. The molecule has 1 amide bonds. The Bertz CT molecular complexity index is 542. The highest BCUT2D eigenvalue weighted by molar-refractivity contribution is 5.79. The molecule has 2 aromatic rings. The van der Waals surface area contributed by atoms with E-state index in [0.717, 1.165) is 5.56 Å². The molecule has 4 heteroatoms. The summed E-state index contributed by atoms with van der Waals surface area (Å²) >= 11 is 0. The van der Waals surface area contributed by atoms with Crippen LogP contribution in [-0.4, -0.2) is 19.1 Å². The van der Waals surface area contributed by atoms with Crippen LogP contribution in [0.3, 0.4) is 0 Å². The zero-order valence-corrected chi connectivity index (χ0v) is 11.2. The highest BCUT2D eigenvalue weighted by Crippen LogP contribution is 2.26.